The van der Waals surface area contributed by atoms with Gasteiger partial charge >= 0.3 is 0 Å². The van der Waals surface area contributed by atoms with Crippen molar-refractivity contribution in [1.82, 2.24) is 0 Å². The first-order chi connectivity index (χ1) is 10.1. The van der Waals surface area contributed by atoms with Crippen LogP contribution >= 0.6 is 0 Å². The van der Waals surface area contributed by atoms with Crippen molar-refractivity contribution in [2.45, 2.75) is 20.8 Å². The summed E-state index contributed by atoms with van der Waals surface area (Å²) in [7, 11) is 0. The zero-order chi connectivity index (χ0) is 15.8. The smallest absolute Gasteiger partial charge is 0.294 e. The second-order valence-corrected chi connectivity index (χ2v) is 4.17. The van der Waals surface area contributed by atoms with Crippen molar-refractivity contribution in [2.24, 2.45) is 4.99 Å². The average Bonchev–Trinajstić information content (AvgIpc) is 2.50. The number of nitro benzene ring substituents is 1. The summed E-state index contributed by atoms with van der Waals surface area (Å²) in [6.45, 7) is 6.00. The molecule has 5 heteroatoms. The van der Waals surface area contributed by atoms with Crippen molar-refractivity contribution < 1.29 is 4.92 Å². The van der Waals surface area contributed by atoms with E-state index in [2.05, 4.69) is 4.99 Å². The van der Waals surface area contributed by atoms with Crippen LogP contribution in [0.3, 0.4) is 0 Å². The van der Waals surface area contributed by atoms with Crippen molar-refractivity contribution in [3.05, 3.63) is 63.7 Å². The molecular weight excluding hydrogens is 266 g/mol. The summed E-state index contributed by atoms with van der Waals surface area (Å²) in [5, 5.41) is 10.8. The molecule has 0 aromatic heterocycles. The van der Waals surface area contributed by atoms with Gasteiger partial charge in [-0.05, 0) is 24.6 Å². The number of nitro groups is 1. The normalized spacial score (nSPS) is 10.0. The number of aliphatic imine (C=N–C) groups is 1. The lowest BCUT2D eigenvalue weighted by molar-refractivity contribution is -0.383. The standard InChI is InChI=1S/C14H13N3O2.C2H6/c1-10-2-4-11(5-3-10)9-16-12-6-7-13(15)14(8-12)17(18)19;1-2/h2-9H,15H2,1H3;1-2H3. The van der Waals surface area contributed by atoms with Gasteiger partial charge in [0.1, 0.15) is 5.69 Å². The summed E-state index contributed by atoms with van der Waals surface area (Å²) in [5.41, 5.74) is 8.14. The van der Waals surface area contributed by atoms with E-state index >= 15 is 0 Å². The highest BCUT2D eigenvalue weighted by Crippen LogP contribution is 2.26. The number of anilines is 1. The minimum Gasteiger partial charge on any atom is -0.393 e. The molecule has 5 nitrogen and oxygen atoms in total. The van der Waals surface area contributed by atoms with Gasteiger partial charge in [-0.2, -0.15) is 0 Å². The van der Waals surface area contributed by atoms with Gasteiger partial charge in [0.2, 0.25) is 0 Å². The molecular formula is C16H19N3O2. The average molecular weight is 285 g/mol. The van der Waals surface area contributed by atoms with Gasteiger partial charge in [0, 0.05) is 12.3 Å². The van der Waals surface area contributed by atoms with Crippen LogP contribution in [0.1, 0.15) is 25.0 Å². The molecule has 2 rings (SSSR count). The first-order valence-corrected chi connectivity index (χ1v) is 6.71. The zero-order valence-corrected chi connectivity index (χ0v) is 12.4. The molecule has 0 spiro atoms. The Hall–Kier alpha value is -2.69. The molecule has 0 amide bonds. The van der Waals surface area contributed by atoms with E-state index in [9.17, 15) is 10.1 Å². The lowest BCUT2D eigenvalue weighted by Gasteiger charge is -1.98. The first kappa shape index (κ1) is 16.4. The van der Waals surface area contributed by atoms with Crippen LogP contribution in [0.5, 0.6) is 0 Å². The number of benzene rings is 2. The molecule has 21 heavy (non-hydrogen) atoms. The molecule has 0 radical (unpaired) electrons. The van der Waals surface area contributed by atoms with Crippen LogP contribution in [0.25, 0.3) is 0 Å². The molecule has 2 aromatic carbocycles. The zero-order valence-electron chi connectivity index (χ0n) is 12.4. The third kappa shape index (κ3) is 4.72. The van der Waals surface area contributed by atoms with E-state index in [0.29, 0.717) is 5.69 Å². The lowest BCUT2D eigenvalue weighted by atomic mass is 10.2. The third-order valence-electron chi connectivity index (χ3n) is 2.65. The van der Waals surface area contributed by atoms with E-state index in [-0.39, 0.29) is 11.4 Å². The van der Waals surface area contributed by atoms with Crippen molar-refractivity contribution in [1.29, 1.82) is 0 Å². The van der Waals surface area contributed by atoms with Crippen molar-refractivity contribution in [3.63, 3.8) is 0 Å². The predicted molar refractivity (Wildman–Crippen MR) is 87.3 cm³/mol. The van der Waals surface area contributed by atoms with Crippen molar-refractivity contribution >= 4 is 23.3 Å². The van der Waals surface area contributed by atoms with Gasteiger partial charge in [0.15, 0.2) is 0 Å². The van der Waals surface area contributed by atoms with Crippen LogP contribution in [-0.4, -0.2) is 11.1 Å². The maximum atomic E-state index is 10.8. The Balaban J connectivity index is 0.00000106. The van der Waals surface area contributed by atoms with Gasteiger partial charge in [0.25, 0.3) is 5.69 Å². The number of hydrogen-bond acceptors (Lipinski definition) is 4. The second kappa shape index (κ2) is 7.79. The molecule has 0 saturated heterocycles. The minimum atomic E-state index is -0.514. The highest BCUT2D eigenvalue weighted by Gasteiger charge is 2.11. The van der Waals surface area contributed by atoms with Crippen LogP contribution in [-0.2, 0) is 0 Å². The van der Waals surface area contributed by atoms with Crippen LogP contribution < -0.4 is 5.73 Å². The van der Waals surface area contributed by atoms with Crippen LogP contribution in [0.4, 0.5) is 17.1 Å². The van der Waals surface area contributed by atoms with E-state index in [4.69, 9.17) is 5.73 Å². The fourth-order valence-electron chi connectivity index (χ4n) is 1.57. The number of nitrogens with zero attached hydrogens (tertiary/aromatic N) is 2. The summed E-state index contributed by atoms with van der Waals surface area (Å²) >= 11 is 0. The Morgan fingerprint density at radius 1 is 1.14 bits per heavy atom. The molecule has 2 N–H and O–H groups in total. The number of nitrogens with two attached hydrogens (primary N) is 1. The van der Waals surface area contributed by atoms with E-state index in [1.54, 1.807) is 12.3 Å². The van der Waals surface area contributed by atoms with E-state index < -0.39 is 4.92 Å². The Kier molecular flexibility index (Phi) is 6.07. The first-order valence-electron chi connectivity index (χ1n) is 6.71. The largest absolute Gasteiger partial charge is 0.393 e. The second-order valence-electron chi connectivity index (χ2n) is 4.17. The van der Waals surface area contributed by atoms with Gasteiger partial charge in [-0.3, -0.25) is 15.1 Å². The van der Waals surface area contributed by atoms with Gasteiger partial charge in [-0.15, -0.1) is 0 Å². The Morgan fingerprint density at radius 2 is 1.76 bits per heavy atom. The van der Waals surface area contributed by atoms with E-state index in [1.807, 2.05) is 45.0 Å². The van der Waals surface area contributed by atoms with Gasteiger partial charge in [0.05, 0.1) is 10.6 Å². The van der Waals surface area contributed by atoms with Crippen molar-refractivity contribution in [3.8, 4) is 0 Å². The molecule has 0 aliphatic carbocycles. The maximum Gasteiger partial charge on any atom is 0.294 e. The minimum absolute atomic E-state index is 0.126. The molecule has 0 aliphatic heterocycles. The monoisotopic (exact) mass is 285 g/mol. The fraction of sp³-hybridized carbons (Fsp3) is 0.188. The Bertz CT molecular complexity index is 634. The van der Waals surface area contributed by atoms with Crippen molar-refractivity contribution in [2.75, 3.05) is 5.73 Å². The molecule has 2 aromatic rings. The summed E-state index contributed by atoms with van der Waals surface area (Å²) in [5.74, 6) is 0. The summed E-state index contributed by atoms with van der Waals surface area (Å²) in [6.07, 6.45) is 1.66. The molecule has 0 saturated carbocycles. The van der Waals surface area contributed by atoms with Crippen LogP contribution in [0.2, 0.25) is 0 Å². The topological polar surface area (TPSA) is 81.5 Å². The van der Waals surface area contributed by atoms with E-state index in [0.717, 1.165) is 5.56 Å². The molecule has 0 fully saturated rings. The van der Waals surface area contributed by atoms with E-state index in [1.165, 1.54) is 17.7 Å². The predicted octanol–water partition coefficient (Wildman–Crippen LogP) is 4.26. The highest BCUT2D eigenvalue weighted by molar-refractivity contribution is 5.82. The number of nitrogen functional groups attached to an aromatic ring is 1. The molecule has 0 atom stereocenters. The number of aryl methyl sites for hydroxylation is 1. The highest BCUT2D eigenvalue weighted by atomic mass is 16.6. The summed E-state index contributed by atoms with van der Waals surface area (Å²) in [4.78, 5) is 14.5. The van der Waals surface area contributed by atoms with Gasteiger partial charge in [-0.25, -0.2) is 0 Å². The summed E-state index contributed by atoms with van der Waals surface area (Å²) in [6, 6.07) is 12.3. The van der Waals surface area contributed by atoms with Crippen LogP contribution in [0.15, 0.2) is 47.5 Å². The quantitative estimate of drug-likeness (QED) is 0.396. The molecule has 0 unspecified atom stereocenters. The summed E-state index contributed by atoms with van der Waals surface area (Å²) < 4.78 is 0. The third-order valence-corrected chi connectivity index (χ3v) is 2.65. The fourth-order valence-corrected chi connectivity index (χ4v) is 1.57. The number of rotatable bonds is 3. The maximum absolute atomic E-state index is 10.8. The lowest BCUT2D eigenvalue weighted by Crippen LogP contribution is -1.94. The molecule has 0 bridgehead atoms. The number of hydrogen-bond donors (Lipinski definition) is 1. The van der Waals surface area contributed by atoms with Gasteiger partial charge in [-0.1, -0.05) is 43.7 Å². The SMILES string of the molecule is CC.Cc1ccc(C=Nc2ccc(N)c([N+](=O)[O-])c2)cc1. The molecule has 0 aliphatic rings. The molecule has 0 heterocycles. The Labute approximate surface area is 124 Å². The molecule has 110 valence electrons. The van der Waals surface area contributed by atoms with Gasteiger partial charge < -0.3 is 5.73 Å². The Morgan fingerprint density at radius 3 is 2.33 bits per heavy atom. The van der Waals surface area contributed by atoms with Crippen LogP contribution in [0, 0.1) is 17.0 Å².